The Bertz CT molecular complexity index is 389. The highest BCUT2D eigenvalue weighted by molar-refractivity contribution is 7.89. The highest BCUT2D eigenvalue weighted by Crippen LogP contribution is 2.10. The van der Waals surface area contributed by atoms with Gasteiger partial charge in [-0.2, -0.15) is 0 Å². The minimum Gasteiger partial charge on any atom is -0.481 e. The lowest BCUT2D eigenvalue weighted by Crippen LogP contribution is -2.37. The Kier molecular flexibility index (Phi) is 6.85. The van der Waals surface area contributed by atoms with Crippen molar-refractivity contribution in [2.75, 3.05) is 19.4 Å². The van der Waals surface area contributed by atoms with Gasteiger partial charge < -0.3 is 9.84 Å². The maximum Gasteiger partial charge on any atom is 0.308 e. The van der Waals surface area contributed by atoms with Gasteiger partial charge in [-0.05, 0) is 5.92 Å². The first-order chi connectivity index (χ1) is 8.19. The first-order valence-corrected chi connectivity index (χ1v) is 7.11. The first-order valence-electron chi connectivity index (χ1n) is 5.46. The predicted molar refractivity (Wildman–Crippen MR) is 64.4 cm³/mol. The van der Waals surface area contributed by atoms with Gasteiger partial charge in [0.15, 0.2) is 0 Å². The quantitative estimate of drug-likeness (QED) is 0.597. The predicted octanol–water partition coefficient (Wildman–Crippen LogP) is -0.174. The molecule has 7 nitrogen and oxygen atoms in total. The van der Waals surface area contributed by atoms with E-state index >= 15 is 0 Å². The first kappa shape index (κ1) is 16.9. The van der Waals surface area contributed by atoms with Crippen LogP contribution in [0.1, 0.15) is 20.3 Å². The minimum absolute atomic E-state index is 0.184. The molecule has 0 radical (unpaired) electrons. The minimum atomic E-state index is -3.66. The van der Waals surface area contributed by atoms with Crippen LogP contribution in [-0.4, -0.2) is 44.9 Å². The number of aliphatic carboxylic acids is 1. The number of sulfonamides is 1. The topological polar surface area (TPSA) is 110 Å². The van der Waals surface area contributed by atoms with Crippen molar-refractivity contribution in [3.63, 3.8) is 0 Å². The zero-order valence-electron chi connectivity index (χ0n) is 10.7. The van der Waals surface area contributed by atoms with Crippen LogP contribution in [0.3, 0.4) is 0 Å². The number of esters is 1. The fourth-order valence-corrected chi connectivity index (χ4v) is 2.23. The lowest BCUT2D eigenvalue weighted by molar-refractivity contribution is -0.143. The third kappa shape index (κ3) is 6.55. The van der Waals surface area contributed by atoms with E-state index in [0.29, 0.717) is 0 Å². The Labute approximate surface area is 107 Å². The summed E-state index contributed by atoms with van der Waals surface area (Å²) in [5.74, 6) is -3.08. The summed E-state index contributed by atoms with van der Waals surface area (Å²) in [4.78, 5) is 21.7. The maximum absolute atomic E-state index is 11.5. The molecule has 0 rings (SSSR count). The summed E-state index contributed by atoms with van der Waals surface area (Å²) in [6.07, 6.45) is -0.259. The zero-order valence-corrected chi connectivity index (χ0v) is 11.5. The van der Waals surface area contributed by atoms with E-state index in [4.69, 9.17) is 5.11 Å². The van der Waals surface area contributed by atoms with Gasteiger partial charge in [0, 0.05) is 6.54 Å². The zero-order chi connectivity index (χ0) is 14.3. The number of hydrogen-bond acceptors (Lipinski definition) is 5. The molecule has 0 aromatic carbocycles. The molecule has 0 spiro atoms. The van der Waals surface area contributed by atoms with Crippen molar-refractivity contribution < 1.29 is 27.9 Å². The fraction of sp³-hybridized carbons (Fsp3) is 0.800. The number of ether oxygens (including phenoxy) is 1. The second kappa shape index (κ2) is 7.32. The molecule has 0 heterocycles. The number of nitrogens with one attached hydrogen (secondary N) is 1. The summed E-state index contributed by atoms with van der Waals surface area (Å²) in [5, 5.41) is 8.89. The van der Waals surface area contributed by atoms with Gasteiger partial charge in [-0.15, -0.1) is 0 Å². The normalized spacial score (nSPS) is 13.3. The average Bonchev–Trinajstić information content (AvgIpc) is 2.25. The van der Waals surface area contributed by atoms with Crippen LogP contribution in [0.15, 0.2) is 0 Å². The van der Waals surface area contributed by atoms with Crippen LogP contribution in [0, 0.1) is 11.8 Å². The van der Waals surface area contributed by atoms with Crippen molar-refractivity contribution in [2.24, 2.45) is 11.8 Å². The molecule has 0 saturated heterocycles. The van der Waals surface area contributed by atoms with Crippen LogP contribution in [0.4, 0.5) is 0 Å². The van der Waals surface area contributed by atoms with Crippen LogP contribution in [0.25, 0.3) is 0 Å². The summed E-state index contributed by atoms with van der Waals surface area (Å²) in [6, 6.07) is 0. The van der Waals surface area contributed by atoms with Crippen LogP contribution in [-0.2, 0) is 24.3 Å². The highest BCUT2D eigenvalue weighted by Gasteiger charge is 2.24. The van der Waals surface area contributed by atoms with Gasteiger partial charge in [0.1, 0.15) is 0 Å². The van der Waals surface area contributed by atoms with Gasteiger partial charge >= 0.3 is 11.9 Å². The Morgan fingerprint density at radius 1 is 1.33 bits per heavy atom. The number of methoxy groups -OCH3 is 1. The van der Waals surface area contributed by atoms with Crippen molar-refractivity contribution in [1.29, 1.82) is 0 Å². The molecule has 0 aliphatic rings. The molecule has 18 heavy (non-hydrogen) atoms. The lowest BCUT2D eigenvalue weighted by Gasteiger charge is -2.16. The average molecular weight is 281 g/mol. The van der Waals surface area contributed by atoms with Gasteiger partial charge in [-0.1, -0.05) is 13.8 Å². The molecule has 1 unspecified atom stereocenters. The van der Waals surface area contributed by atoms with E-state index in [0.717, 1.165) is 0 Å². The van der Waals surface area contributed by atoms with Crippen molar-refractivity contribution in [3.8, 4) is 0 Å². The number of carbonyl (C=O) groups excluding carboxylic acids is 1. The molecule has 0 aromatic rings. The summed E-state index contributed by atoms with van der Waals surface area (Å²) in [5.41, 5.74) is 0. The van der Waals surface area contributed by atoms with E-state index in [1.54, 1.807) is 13.8 Å². The fourth-order valence-electron chi connectivity index (χ4n) is 1.22. The molecule has 2 N–H and O–H groups in total. The van der Waals surface area contributed by atoms with Gasteiger partial charge in [0.05, 0.1) is 25.2 Å². The van der Waals surface area contributed by atoms with Gasteiger partial charge in [-0.25, -0.2) is 13.1 Å². The molecule has 0 aromatic heterocycles. The van der Waals surface area contributed by atoms with Crippen molar-refractivity contribution in [3.05, 3.63) is 0 Å². The van der Waals surface area contributed by atoms with E-state index in [-0.39, 0.29) is 18.9 Å². The van der Waals surface area contributed by atoms with E-state index in [1.807, 2.05) is 0 Å². The van der Waals surface area contributed by atoms with Gasteiger partial charge in [0.2, 0.25) is 10.0 Å². The number of carboxylic acid groups (broad SMARTS) is 1. The van der Waals surface area contributed by atoms with E-state index in [2.05, 4.69) is 9.46 Å². The van der Waals surface area contributed by atoms with Gasteiger partial charge in [-0.3, -0.25) is 9.59 Å². The molecule has 0 aliphatic carbocycles. The number of carbonyl (C=O) groups is 2. The smallest absolute Gasteiger partial charge is 0.308 e. The van der Waals surface area contributed by atoms with E-state index in [9.17, 15) is 18.0 Å². The van der Waals surface area contributed by atoms with Crippen molar-refractivity contribution in [2.45, 2.75) is 20.3 Å². The van der Waals surface area contributed by atoms with Crippen molar-refractivity contribution in [1.82, 2.24) is 4.72 Å². The molecule has 0 aliphatic heterocycles. The largest absolute Gasteiger partial charge is 0.481 e. The second-order valence-corrected chi connectivity index (χ2v) is 6.11. The summed E-state index contributed by atoms with van der Waals surface area (Å²) in [6.45, 7) is 3.21. The molecule has 0 saturated carbocycles. The molecule has 0 fully saturated rings. The Morgan fingerprint density at radius 2 is 1.89 bits per heavy atom. The van der Waals surface area contributed by atoms with Crippen molar-refractivity contribution >= 4 is 22.0 Å². The second-order valence-electron chi connectivity index (χ2n) is 4.18. The summed E-state index contributed by atoms with van der Waals surface area (Å²) >= 11 is 0. The molecule has 106 valence electrons. The number of hydrogen-bond donors (Lipinski definition) is 2. The molecular formula is C10H19NO6S. The van der Waals surface area contributed by atoms with E-state index in [1.165, 1.54) is 7.11 Å². The van der Waals surface area contributed by atoms with Crippen LogP contribution >= 0.6 is 0 Å². The molecular weight excluding hydrogens is 262 g/mol. The lowest BCUT2D eigenvalue weighted by atomic mass is 9.97. The Balaban J connectivity index is 4.33. The third-order valence-corrected chi connectivity index (χ3v) is 3.80. The highest BCUT2D eigenvalue weighted by atomic mass is 32.2. The van der Waals surface area contributed by atoms with Gasteiger partial charge in [0.25, 0.3) is 0 Å². The summed E-state index contributed by atoms with van der Waals surface area (Å²) < 4.78 is 29.5. The maximum atomic E-state index is 11.5. The monoisotopic (exact) mass is 281 g/mol. The summed E-state index contributed by atoms with van der Waals surface area (Å²) in [7, 11) is -2.49. The number of carboxylic acids is 1. The SMILES string of the molecule is COC(=O)CCS(=O)(=O)NCC(C(=O)O)C(C)C. The molecule has 1 atom stereocenters. The van der Waals surface area contributed by atoms with Crippen LogP contribution < -0.4 is 4.72 Å². The Morgan fingerprint density at radius 3 is 2.28 bits per heavy atom. The molecule has 8 heteroatoms. The van der Waals surface area contributed by atoms with Crippen LogP contribution in [0.2, 0.25) is 0 Å². The Hall–Kier alpha value is -1.15. The van der Waals surface area contributed by atoms with E-state index < -0.39 is 33.6 Å². The third-order valence-electron chi connectivity index (χ3n) is 2.45. The molecule has 0 amide bonds. The standard InChI is InChI=1S/C10H19NO6S/c1-7(2)8(10(13)14)6-11-18(15,16)5-4-9(12)17-3/h7-8,11H,4-6H2,1-3H3,(H,13,14). The van der Waals surface area contributed by atoms with Crippen LogP contribution in [0.5, 0.6) is 0 Å². The number of rotatable bonds is 8. The molecule has 0 bridgehead atoms.